The van der Waals surface area contributed by atoms with E-state index in [1.54, 1.807) is 0 Å². The van der Waals surface area contributed by atoms with E-state index in [2.05, 4.69) is 20.2 Å². The Morgan fingerprint density at radius 2 is 1.33 bits per heavy atom. The highest BCUT2D eigenvalue weighted by molar-refractivity contribution is 7.74. The second-order valence-corrected chi connectivity index (χ2v) is 2.65. The Morgan fingerprint density at radius 3 is 1.58 bits per heavy atom. The minimum atomic E-state index is -2.33. The summed E-state index contributed by atoms with van der Waals surface area (Å²) in [5.41, 5.74) is 0. The van der Waals surface area contributed by atoms with Crippen LogP contribution in [0.4, 0.5) is 0 Å². The van der Waals surface area contributed by atoms with Crippen LogP contribution in [0.5, 0.6) is 0 Å². The minimum absolute atomic E-state index is 0.232. The average Bonchev–Trinajstić information content (AvgIpc) is 1.95. The van der Waals surface area contributed by atoms with E-state index in [0.29, 0.717) is 0 Å². The van der Waals surface area contributed by atoms with E-state index < -0.39 is 22.7 Å². The van der Waals surface area contributed by atoms with Crippen molar-refractivity contribution in [1.82, 2.24) is 0 Å². The molecule has 0 bridgehead atoms. The summed E-state index contributed by atoms with van der Waals surface area (Å²) in [6, 6.07) is 0. The maximum absolute atomic E-state index is 9.84. The third-order valence-corrected chi connectivity index (χ3v) is 1.23. The quantitative estimate of drug-likeness (QED) is 0.474. The Kier molecular flexibility index (Phi) is 7.17. The first kappa shape index (κ1) is 11.7. The van der Waals surface area contributed by atoms with Crippen molar-refractivity contribution >= 4 is 22.7 Å². The van der Waals surface area contributed by atoms with Gasteiger partial charge in [0.05, 0.1) is 0 Å². The molecule has 0 aromatic heterocycles. The van der Waals surface area contributed by atoms with Crippen molar-refractivity contribution in [3.05, 3.63) is 0 Å². The normalized spacial score (nSPS) is 14.5. The molecule has 0 heterocycles. The molecular formula is C4H6O6S2. The first-order chi connectivity index (χ1) is 5.63. The Balaban J connectivity index is 3.35. The van der Waals surface area contributed by atoms with Crippen LogP contribution in [0.25, 0.3) is 0 Å². The van der Waals surface area contributed by atoms with Crippen molar-refractivity contribution in [2.75, 3.05) is 13.2 Å². The SMILES string of the molecule is O=S(O)OCC#CCOS(=O)O. The number of hydrogen-bond acceptors (Lipinski definition) is 4. The summed E-state index contributed by atoms with van der Waals surface area (Å²) in [6.07, 6.45) is 0. The van der Waals surface area contributed by atoms with E-state index in [-0.39, 0.29) is 13.2 Å². The van der Waals surface area contributed by atoms with Gasteiger partial charge in [-0.15, -0.1) is 0 Å². The van der Waals surface area contributed by atoms with Crippen molar-refractivity contribution in [2.24, 2.45) is 0 Å². The highest BCUT2D eigenvalue weighted by Crippen LogP contribution is 1.78. The van der Waals surface area contributed by atoms with Gasteiger partial charge >= 0.3 is 22.7 Å². The lowest BCUT2D eigenvalue weighted by atomic mass is 10.6. The molecule has 0 fully saturated rings. The fourth-order valence-corrected chi connectivity index (χ4v) is 0.581. The van der Waals surface area contributed by atoms with Gasteiger partial charge < -0.3 is 0 Å². The molecular weight excluding hydrogens is 208 g/mol. The lowest BCUT2D eigenvalue weighted by Crippen LogP contribution is -1.97. The summed E-state index contributed by atoms with van der Waals surface area (Å²) < 4.78 is 44.0. The van der Waals surface area contributed by atoms with Gasteiger partial charge in [0.2, 0.25) is 0 Å². The third-order valence-electron chi connectivity index (χ3n) is 0.589. The predicted octanol–water partition coefficient (Wildman–Crippen LogP) is -0.704. The van der Waals surface area contributed by atoms with Crippen molar-refractivity contribution < 1.29 is 25.9 Å². The Hall–Kier alpha value is -0.300. The predicted molar refractivity (Wildman–Crippen MR) is 41.2 cm³/mol. The minimum Gasteiger partial charge on any atom is -0.284 e. The summed E-state index contributed by atoms with van der Waals surface area (Å²) in [5.74, 6) is 4.55. The van der Waals surface area contributed by atoms with Gasteiger partial charge in [0.1, 0.15) is 13.2 Å². The van der Waals surface area contributed by atoms with E-state index in [9.17, 15) is 8.42 Å². The van der Waals surface area contributed by atoms with E-state index in [0.717, 1.165) is 0 Å². The molecule has 0 aromatic carbocycles. The monoisotopic (exact) mass is 214 g/mol. The maximum atomic E-state index is 9.84. The Morgan fingerprint density at radius 1 is 1.00 bits per heavy atom. The molecule has 0 saturated carbocycles. The lowest BCUT2D eigenvalue weighted by Gasteiger charge is -1.88. The average molecular weight is 214 g/mol. The Bertz CT molecular complexity index is 205. The molecule has 8 heteroatoms. The molecule has 0 saturated heterocycles. The second kappa shape index (κ2) is 7.35. The highest BCUT2D eigenvalue weighted by Gasteiger charge is 1.88. The number of rotatable bonds is 4. The van der Waals surface area contributed by atoms with E-state index in [4.69, 9.17) is 9.11 Å². The van der Waals surface area contributed by atoms with Gasteiger partial charge in [0.25, 0.3) is 0 Å². The van der Waals surface area contributed by atoms with Crippen molar-refractivity contribution in [2.45, 2.75) is 0 Å². The summed E-state index contributed by atoms with van der Waals surface area (Å²) >= 11 is -4.66. The van der Waals surface area contributed by atoms with Gasteiger partial charge in [-0.3, -0.25) is 17.5 Å². The van der Waals surface area contributed by atoms with E-state index in [1.807, 2.05) is 0 Å². The molecule has 0 aliphatic rings. The molecule has 0 radical (unpaired) electrons. The van der Waals surface area contributed by atoms with Gasteiger partial charge in [-0.05, 0) is 0 Å². The zero-order chi connectivity index (χ0) is 9.40. The van der Waals surface area contributed by atoms with Crippen molar-refractivity contribution in [3.8, 4) is 11.8 Å². The van der Waals surface area contributed by atoms with Crippen LogP contribution in [0.2, 0.25) is 0 Å². The molecule has 0 amide bonds. The van der Waals surface area contributed by atoms with Crippen LogP contribution in [-0.2, 0) is 31.1 Å². The third kappa shape index (κ3) is 9.70. The van der Waals surface area contributed by atoms with Crippen LogP contribution < -0.4 is 0 Å². The first-order valence-electron chi connectivity index (χ1n) is 2.57. The van der Waals surface area contributed by atoms with Crippen LogP contribution in [-0.4, -0.2) is 30.7 Å². The van der Waals surface area contributed by atoms with Crippen LogP contribution in [0.3, 0.4) is 0 Å². The molecule has 2 N–H and O–H groups in total. The highest BCUT2D eigenvalue weighted by atomic mass is 32.2. The molecule has 0 aliphatic carbocycles. The molecule has 12 heavy (non-hydrogen) atoms. The number of hydrogen-bond donors (Lipinski definition) is 2. The summed E-state index contributed by atoms with van der Waals surface area (Å²) in [6.45, 7) is -0.463. The lowest BCUT2D eigenvalue weighted by molar-refractivity contribution is 0.341. The summed E-state index contributed by atoms with van der Waals surface area (Å²) in [7, 11) is 0. The van der Waals surface area contributed by atoms with Crippen molar-refractivity contribution in [1.29, 1.82) is 0 Å². The van der Waals surface area contributed by atoms with Crippen LogP contribution in [0.15, 0.2) is 0 Å². The van der Waals surface area contributed by atoms with Crippen LogP contribution >= 0.6 is 0 Å². The largest absolute Gasteiger partial charge is 0.302 e. The summed E-state index contributed by atoms with van der Waals surface area (Å²) in [4.78, 5) is 0. The van der Waals surface area contributed by atoms with E-state index in [1.165, 1.54) is 0 Å². The fourth-order valence-electron chi connectivity index (χ4n) is 0.262. The van der Waals surface area contributed by atoms with Gasteiger partial charge in [-0.25, -0.2) is 0 Å². The van der Waals surface area contributed by atoms with Gasteiger partial charge in [-0.2, -0.15) is 8.42 Å². The molecule has 6 nitrogen and oxygen atoms in total. The molecule has 0 aromatic rings. The van der Waals surface area contributed by atoms with Crippen LogP contribution in [0.1, 0.15) is 0 Å². The summed E-state index contributed by atoms with van der Waals surface area (Å²) in [5, 5.41) is 0. The van der Waals surface area contributed by atoms with Gasteiger partial charge in [-0.1, -0.05) is 11.8 Å². The smallest absolute Gasteiger partial charge is 0.284 e. The zero-order valence-corrected chi connectivity index (χ0v) is 7.39. The zero-order valence-electron chi connectivity index (χ0n) is 5.76. The molecule has 0 aliphatic heterocycles. The standard InChI is InChI=1S/C4H6O6S2/c5-11(6)9-3-1-2-4-10-12(7)8/h3-4H2,(H,5,6)(H,7,8). The fraction of sp³-hybridized carbons (Fsp3) is 0.500. The topological polar surface area (TPSA) is 93.1 Å². The maximum Gasteiger partial charge on any atom is 0.302 e. The molecule has 0 spiro atoms. The Labute approximate surface area is 74.2 Å². The van der Waals surface area contributed by atoms with Gasteiger partial charge in [0.15, 0.2) is 0 Å². The van der Waals surface area contributed by atoms with Crippen molar-refractivity contribution in [3.63, 3.8) is 0 Å². The molecule has 70 valence electrons. The molecule has 0 rings (SSSR count). The van der Waals surface area contributed by atoms with Crippen LogP contribution in [0, 0.1) is 11.8 Å². The van der Waals surface area contributed by atoms with E-state index >= 15 is 0 Å². The molecule has 2 unspecified atom stereocenters. The second-order valence-electron chi connectivity index (χ2n) is 1.31. The molecule has 2 atom stereocenters. The first-order valence-corrected chi connectivity index (χ1v) is 4.63. The van der Waals surface area contributed by atoms with Gasteiger partial charge in [0, 0.05) is 0 Å².